The van der Waals surface area contributed by atoms with Gasteiger partial charge in [0, 0.05) is 32.9 Å². The van der Waals surface area contributed by atoms with Crippen molar-refractivity contribution in [3.05, 3.63) is 193 Å². The molecule has 0 unspecified atom stereocenters. The van der Waals surface area contributed by atoms with E-state index in [1.807, 2.05) is 24.3 Å². The minimum Gasteiger partial charge on any atom is -0.309 e. The fourth-order valence-electron chi connectivity index (χ4n) is 9.14. The first kappa shape index (κ1) is 35.6. The number of rotatable bonds is 8. The molecule has 0 aliphatic carbocycles. The molecule has 0 N–H and O–H groups in total. The van der Waals surface area contributed by atoms with Crippen molar-refractivity contribution in [3.63, 3.8) is 0 Å². The van der Waals surface area contributed by atoms with Crippen LogP contribution in [0.15, 0.2) is 170 Å². The first-order valence-electron chi connectivity index (χ1n) is 20.1. The Labute approximate surface area is 337 Å². The van der Waals surface area contributed by atoms with Gasteiger partial charge in [-0.05, 0) is 128 Å². The Morgan fingerprint density at radius 2 is 0.707 bits per heavy atom. The number of benzene rings is 10. The Bertz CT molecular complexity index is 2920. The van der Waals surface area contributed by atoms with Gasteiger partial charge in [-0.15, -0.1) is 0 Å². The lowest BCUT2D eigenvalue weighted by molar-refractivity contribution is 0.627. The Morgan fingerprint density at radius 1 is 0.345 bits per heavy atom. The molecule has 0 aliphatic rings. The highest BCUT2D eigenvalue weighted by Crippen LogP contribution is 2.52. The molecule has 0 bridgehead atoms. The van der Waals surface area contributed by atoms with Crippen molar-refractivity contribution >= 4 is 88.0 Å². The lowest BCUT2D eigenvalue weighted by atomic mass is 9.84. The maximum absolute atomic E-state index is 14.6. The van der Waals surface area contributed by atoms with Gasteiger partial charge in [0.1, 0.15) is 11.6 Å². The van der Waals surface area contributed by atoms with Crippen LogP contribution in [0, 0.1) is 11.6 Å². The quantitative estimate of drug-likeness (QED) is 0.143. The molecule has 58 heavy (non-hydrogen) atoms. The minimum absolute atomic E-state index is 0.210. The van der Waals surface area contributed by atoms with Crippen LogP contribution in [0.3, 0.4) is 0 Å². The van der Waals surface area contributed by atoms with Crippen LogP contribution < -0.4 is 9.80 Å². The van der Waals surface area contributed by atoms with E-state index in [4.69, 9.17) is 0 Å². The van der Waals surface area contributed by atoms with Crippen LogP contribution in [0.4, 0.5) is 42.9 Å². The van der Waals surface area contributed by atoms with Gasteiger partial charge in [0.15, 0.2) is 0 Å². The largest absolute Gasteiger partial charge is 0.309 e. The first-order chi connectivity index (χ1) is 28.3. The van der Waals surface area contributed by atoms with E-state index in [2.05, 4.69) is 159 Å². The van der Waals surface area contributed by atoms with Crippen molar-refractivity contribution in [1.29, 1.82) is 0 Å². The zero-order valence-corrected chi connectivity index (χ0v) is 33.0. The summed E-state index contributed by atoms with van der Waals surface area (Å²) in [4.78, 5) is 4.62. The summed E-state index contributed by atoms with van der Waals surface area (Å²) in [6, 6.07) is 57.3. The summed E-state index contributed by atoms with van der Waals surface area (Å²) < 4.78 is 29.2. The van der Waals surface area contributed by atoms with Crippen LogP contribution in [-0.2, 0) is 0 Å². The number of fused-ring (bicyclic) bond motifs is 2. The van der Waals surface area contributed by atoms with Crippen molar-refractivity contribution in [2.45, 2.75) is 39.5 Å². The summed E-state index contributed by atoms with van der Waals surface area (Å²) in [6.45, 7) is 9.05. The molecule has 0 atom stereocenters. The molecule has 10 aromatic carbocycles. The van der Waals surface area contributed by atoms with Crippen LogP contribution >= 0.6 is 0 Å². The lowest BCUT2D eigenvalue weighted by Crippen LogP contribution is -2.13. The second-order valence-electron chi connectivity index (χ2n) is 16.0. The second kappa shape index (κ2) is 14.0. The Kier molecular flexibility index (Phi) is 8.60. The van der Waals surface area contributed by atoms with E-state index in [-0.39, 0.29) is 23.5 Å². The number of halogens is 2. The maximum atomic E-state index is 14.6. The zero-order valence-electron chi connectivity index (χ0n) is 33.0. The molecule has 4 heteroatoms. The van der Waals surface area contributed by atoms with E-state index in [0.717, 1.165) is 66.4 Å². The van der Waals surface area contributed by atoms with Gasteiger partial charge < -0.3 is 9.80 Å². The van der Waals surface area contributed by atoms with Gasteiger partial charge in [-0.2, -0.15) is 0 Å². The van der Waals surface area contributed by atoms with Gasteiger partial charge in [0.2, 0.25) is 0 Å². The third kappa shape index (κ3) is 5.74. The predicted molar refractivity (Wildman–Crippen MR) is 243 cm³/mol. The molecule has 282 valence electrons. The van der Waals surface area contributed by atoms with Gasteiger partial charge in [-0.1, -0.05) is 125 Å². The fourth-order valence-corrected chi connectivity index (χ4v) is 9.14. The fraction of sp³-hybridized carbons (Fsp3) is 0.111. The molecule has 0 saturated heterocycles. The van der Waals surface area contributed by atoms with Crippen molar-refractivity contribution in [2.24, 2.45) is 0 Å². The second-order valence-corrected chi connectivity index (χ2v) is 16.0. The topological polar surface area (TPSA) is 6.48 Å². The average Bonchev–Trinajstić information content (AvgIpc) is 3.24. The first-order valence-corrected chi connectivity index (χ1v) is 20.1. The van der Waals surface area contributed by atoms with Crippen molar-refractivity contribution < 1.29 is 8.78 Å². The molecule has 0 amide bonds. The van der Waals surface area contributed by atoms with Crippen LogP contribution in [0.2, 0.25) is 0 Å². The Balaban J connectivity index is 1.35. The highest BCUT2D eigenvalue weighted by Gasteiger charge is 2.27. The van der Waals surface area contributed by atoms with Gasteiger partial charge in [0.25, 0.3) is 0 Å². The molecular weight excluding hydrogens is 715 g/mol. The van der Waals surface area contributed by atoms with Crippen LogP contribution in [0.1, 0.15) is 50.7 Å². The molecular formula is C54H42F2N2. The third-order valence-corrected chi connectivity index (χ3v) is 11.8. The zero-order chi connectivity index (χ0) is 39.7. The van der Waals surface area contributed by atoms with Gasteiger partial charge in [-0.3, -0.25) is 0 Å². The number of nitrogens with zero attached hydrogens (tertiary/aromatic N) is 2. The van der Waals surface area contributed by atoms with E-state index in [0.29, 0.717) is 0 Å². The van der Waals surface area contributed by atoms with E-state index in [1.165, 1.54) is 32.7 Å². The van der Waals surface area contributed by atoms with Crippen LogP contribution in [-0.4, -0.2) is 0 Å². The van der Waals surface area contributed by atoms with E-state index in [1.54, 1.807) is 24.3 Å². The lowest BCUT2D eigenvalue weighted by Gasteiger charge is -2.32. The molecule has 2 nitrogen and oxygen atoms in total. The van der Waals surface area contributed by atoms with Gasteiger partial charge in [0.05, 0.1) is 22.7 Å². The normalized spacial score (nSPS) is 11.9. The molecule has 0 saturated carbocycles. The molecule has 0 fully saturated rings. The maximum Gasteiger partial charge on any atom is 0.123 e. The van der Waals surface area contributed by atoms with Crippen molar-refractivity contribution in [2.75, 3.05) is 9.80 Å². The highest BCUT2D eigenvalue weighted by atomic mass is 19.1. The molecule has 0 spiro atoms. The van der Waals surface area contributed by atoms with Crippen LogP contribution in [0.5, 0.6) is 0 Å². The molecule has 10 aromatic rings. The minimum atomic E-state index is -0.273. The summed E-state index contributed by atoms with van der Waals surface area (Å²) in [6.07, 6.45) is 0. The average molecular weight is 757 g/mol. The number of hydrogen-bond donors (Lipinski definition) is 0. The SMILES string of the molecule is CC(C)c1cc(N(c2ccc(F)cc2)c2cccc3ccccc23)c2ccc3c(C(C)C)cc(N(c4ccc(F)cc4)c4cccc5ccccc45)c4ccc1c2c34. The summed E-state index contributed by atoms with van der Waals surface area (Å²) in [5, 5.41) is 11.5. The Hall–Kier alpha value is -6.78. The van der Waals surface area contributed by atoms with Crippen LogP contribution in [0.25, 0.3) is 53.9 Å². The van der Waals surface area contributed by atoms with Crippen molar-refractivity contribution in [3.8, 4) is 0 Å². The molecule has 0 aromatic heterocycles. The monoisotopic (exact) mass is 756 g/mol. The Morgan fingerprint density at radius 3 is 1.10 bits per heavy atom. The van der Waals surface area contributed by atoms with E-state index >= 15 is 0 Å². The smallest absolute Gasteiger partial charge is 0.123 e. The summed E-state index contributed by atoms with van der Waals surface area (Å²) in [5.41, 5.74) is 8.36. The van der Waals surface area contributed by atoms with Gasteiger partial charge in [-0.25, -0.2) is 8.78 Å². The highest BCUT2D eigenvalue weighted by molar-refractivity contribution is 6.30. The molecule has 0 aliphatic heterocycles. The molecule has 0 radical (unpaired) electrons. The van der Waals surface area contributed by atoms with Crippen molar-refractivity contribution in [1.82, 2.24) is 0 Å². The third-order valence-electron chi connectivity index (χ3n) is 11.8. The number of anilines is 6. The summed E-state index contributed by atoms with van der Waals surface area (Å²) >= 11 is 0. The number of hydrogen-bond acceptors (Lipinski definition) is 2. The molecule has 0 heterocycles. The standard InChI is InChI=1S/C54H42F2N2/c1-33(2)47-31-51(57(39-23-19-37(55)20-24-39)49-17-9-13-35-11-5-7-15-41(35)49)45-30-28-44-48(34(3)4)32-52(46-29-27-43(47)53(45)54(44)46)58(40-25-21-38(56)22-26-40)50-18-10-14-36-12-6-8-16-42(36)50/h5-34H,1-4H3. The summed E-state index contributed by atoms with van der Waals surface area (Å²) in [7, 11) is 0. The van der Waals surface area contributed by atoms with E-state index < -0.39 is 0 Å². The predicted octanol–water partition coefficient (Wildman–Crippen LogP) is 16.4. The molecule has 10 rings (SSSR count). The van der Waals surface area contributed by atoms with Gasteiger partial charge >= 0.3 is 0 Å². The van der Waals surface area contributed by atoms with E-state index in [9.17, 15) is 8.78 Å². The summed E-state index contributed by atoms with van der Waals surface area (Å²) in [5.74, 6) is -0.126.